The van der Waals surface area contributed by atoms with Crippen LogP contribution in [0.5, 0.6) is 34.5 Å². The molecule has 2 unspecified atom stereocenters. The van der Waals surface area contributed by atoms with E-state index < -0.39 is 12.1 Å². The van der Waals surface area contributed by atoms with E-state index in [-0.39, 0.29) is 36.3 Å². The summed E-state index contributed by atoms with van der Waals surface area (Å²) in [6, 6.07) is 30.0. The van der Waals surface area contributed by atoms with Crippen molar-refractivity contribution in [2.24, 2.45) is 11.5 Å². The maximum atomic E-state index is 14.4. The van der Waals surface area contributed by atoms with E-state index in [1.54, 1.807) is 42.7 Å². The van der Waals surface area contributed by atoms with Gasteiger partial charge in [-0.25, -0.2) is 0 Å². The molecular weight excluding hydrogens is 964 g/mol. The molecule has 8 rings (SSSR count). The number of benzene rings is 4. The zero-order valence-corrected chi connectivity index (χ0v) is 43.4. The summed E-state index contributed by atoms with van der Waals surface area (Å²) in [7, 11) is 12.4. The van der Waals surface area contributed by atoms with Crippen LogP contribution in [0.1, 0.15) is 47.4 Å². The molecule has 4 N–H and O–H groups in total. The number of nitrogens with two attached hydrogens (primary N) is 2. The Morgan fingerprint density at radius 2 is 0.901 bits per heavy atom. The molecule has 2 aliphatic rings. The van der Waals surface area contributed by atoms with Crippen molar-refractivity contribution in [3.63, 3.8) is 0 Å². The monoisotopic (exact) mass is 1030 g/mol. The molecule has 4 atom stereocenters. The maximum Gasteiger partial charge on any atom is 0.241 e. The Morgan fingerprint density at radius 1 is 0.549 bits per heavy atom. The standard InChI is InChI=1S/C52H62N8O8S2.ClH/c1-63-45-25-35(26-46(64-2)49(45)67-5)39-29-43-41(19-17-33-13-9-7-10-14-33)57(21-23-59(43)55-39)51(61)37(53)31-69-70-32-38(54)52(62)58-22-24-60-44(42(58)20-18-34-15-11-8-12-16-34)30-40(56-60)36-27-47(65-3)50(68-6)48(28-36)66-4;/h7-16,25-30,37-38,41-42H,17-24,31-32,53-54H2,1-6H3;1H/t37-,38-,41?,42?;/m0./s1. The van der Waals surface area contributed by atoms with Crippen molar-refractivity contribution in [1.29, 1.82) is 0 Å². The Kier molecular flexibility index (Phi) is 18.1. The van der Waals surface area contributed by atoms with Gasteiger partial charge in [-0.1, -0.05) is 82.3 Å². The van der Waals surface area contributed by atoms with Crippen LogP contribution in [-0.4, -0.2) is 121 Å². The second kappa shape index (κ2) is 24.4. The molecule has 71 heavy (non-hydrogen) atoms. The van der Waals surface area contributed by atoms with E-state index in [1.165, 1.54) is 32.7 Å². The van der Waals surface area contributed by atoms with Gasteiger partial charge in [0.2, 0.25) is 23.3 Å². The highest BCUT2D eigenvalue weighted by Crippen LogP contribution is 2.44. The fourth-order valence-corrected chi connectivity index (χ4v) is 11.6. The van der Waals surface area contributed by atoms with E-state index in [4.69, 9.17) is 50.1 Å². The second-order valence-electron chi connectivity index (χ2n) is 17.1. The number of rotatable bonds is 21. The number of hydrogen-bond acceptors (Lipinski definition) is 14. The number of aryl methyl sites for hydroxylation is 2. The zero-order chi connectivity index (χ0) is 49.3. The first-order valence-electron chi connectivity index (χ1n) is 23.3. The SMILES string of the molecule is COc1cc(-c2cc3n(n2)CCN(C(=O)[C@@H](N)CSSC[C@H](N)C(=O)N2CCn4nc(-c5cc(OC)c(OC)c(OC)c5)cc4C2CCc2ccccc2)C3CCc2ccccc2)cc(OC)c1OC.Cl. The fraction of sp³-hybridized carbons (Fsp3) is 0.385. The minimum atomic E-state index is -0.780. The minimum absolute atomic E-state index is 0. The first-order chi connectivity index (χ1) is 34.1. The van der Waals surface area contributed by atoms with Crippen molar-refractivity contribution in [2.45, 2.75) is 62.9 Å². The van der Waals surface area contributed by atoms with Crippen LogP contribution < -0.4 is 39.9 Å². The number of carbonyl (C=O) groups excluding carboxylic acids is 2. The number of halogens is 1. The molecule has 2 aliphatic heterocycles. The summed E-state index contributed by atoms with van der Waals surface area (Å²) < 4.78 is 37.7. The van der Waals surface area contributed by atoms with Crippen LogP contribution in [0.25, 0.3) is 22.5 Å². The van der Waals surface area contributed by atoms with Crippen LogP contribution in [0.15, 0.2) is 97.1 Å². The second-order valence-corrected chi connectivity index (χ2v) is 19.7. The topological polar surface area (TPSA) is 184 Å². The Morgan fingerprint density at radius 3 is 1.23 bits per heavy atom. The maximum absolute atomic E-state index is 14.4. The third-order valence-electron chi connectivity index (χ3n) is 13.0. The number of carbonyl (C=O) groups is 2. The highest BCUT2D eigenvalue weighted by molar-refractivity contribution is 8.76. The Balaban J connectivity index is 0.00000741. The predicted octanol–water partition coefficient (Wildman–Crippen LogP) is 7.66. The van der Waals surface area contributed by atoms with Gasteiger partial charge in [-0.05, 0) is 73.2 Å². The van der Waals surface area contributed by atoms with Crippen LogP contribution in [-0.2, 0) is 35.5 Å². The molecule has 2 amide bonds. The van der Waals surface area contributed by atoms with Crippen molar-refractivity contribution in [3.05, 3.63) is 120 Å². The van der Waals surface area contributed by atoms with E-state index in [2.05, 4.69) is 24.3 Å². The summed E-state index contributed by atoms with van der Waals surface area (Å²) in [5.41, 5.74) is 20.7. The van der Waals surface area contributed by atoms with Crippen LogP contribution in [0.3, 0.4) is 0 Å². The smallest absolute Gasteiger partial charge is 0.241 e. The average molecular weight is 1030 g/mol. The third-order valence-corrected chi connectivity index (χ3v) is 15.4. The summed E-state index contributed by atoms with van der Waals surface area (Å²) in [5, 5.41) is 9.99. The lowest BCUT2D eigenvalue weighted by Crippen LogP contribution is -2.50. The highest BCUT2D eigenvalue weighted by atomic mass is 35.5. The summed E-state index contributed by atoms with van der Waals surface area (Å²) in [4.78, 5) is 32.5. The normalized spacial score (nSPS) is 15.9. The van der Waals surface area contributed by atoms with Gasteiger partial charge in [-0.2, -0.15) is 10.2 Å². The molecule has 4 aromatic carbocycles. The zero-order valence-electron chi connectivity index (χ0n) is 40.9. The van der Waals surface area contributed by atoms with E-state index in [9.17, 15) is 9.59 Å². The van der Waals surface area contributed by atoms with Crippen molar-refractivity contribution < 1.29 is 38.0 Å². The lowest BCUT2D eigenvalue weighted by Gasteiger charge is -2.38. The van der Waals surface area contributed by atoms with Crippen LogP contribution >= 0.6 is 34.0 Å². The summed E-state index contributed by atoms with van der Waals surface area (Å²) in [5.74, 6) is 3.52. The van der Waals surface area contributed by atoms with Gasteiger partial charge in [0, 0.05) is 35.7 Å². The van der Waals surface area contributed by atoms with Crippen LogP contribution in [0, 0.1) is 0 Å². The van der Waals surface area contributed by atoms with Gasteiger partial charge in [-0.15, -0.1) is 12.4 Å². The van der Waals surface area contributed by atoms with Crippen molar-refractivity contribution in [1.82, 2.24) is 29.4 Å². The molecule has 0 saturated heterocycles. The number of nitrogens with zero attached hydrogens (tertiary/aromatic N) is 6. The number of aromatic nitrogens is 4. The number of methoxy groups -OCH3 is 6. The molecule has 2 aromatic heterocycles. The number of amides is 2. The average Bonchev–Trinajstić information content (AvgIpc) is 4.05. The molecule has 6 aromatic rings. The molecule has 4 heterocycles. The van der Waals surface area contributed by atoms with Crippen molar-refractivity contribution in [2.75, 3.05) is 67.3 Å². The third kappa shape index (κ3) is 11.7. The molecule has 0 saturated carbocycles. The molecule has 0 radical (unpaired) electrons. The predicted molar refractivity (Wildman–Crippen MR) is 281 cm³/mol. The summed E-state index contributed by atoms with van der Waals surface area (Å²) >= 11 is 0. The van der Waals surface area contributed by atoms with Gasteiger partial charge in [0.1, 0.15) is 0 Å². The first-order valence-corrected chi connectivity index (χ1v) is 25.8. The molecule has 0 fully saturated rings. The van der Waals surface area contributed by atoms with Crippen LogP contribution in [0.4, 0.5) is 0 Å². The van der Waals surface area contributed by atoms with Gasteiger partial charge in [0.05, 0.1) is 103 Å². The van der Waals surface area contributed by atoms with Gasteiger partial charge in [-0.3, -0.25) is 19.0 Å². The fourth-order valence-electron chi connectivity index (χ4n) is 9.38. The number of fused-ring (bicyclic) bond motifs is 2. The lowest BCUT2D eigenvalue weighted by molar-refractivity contribution is -0.136. The highest BCUT2D eigenvalue weighted by Gasteiger charge is 2.37. The Hall–Kier alpha value is -6.05. The van der Waals surface area contributed by atoms with Gasteiger partial charge in [0.15, 0.2) is 23.0 Å². The molecule has 0 bridgehead atoms. The summed E-state index contributed by atoms with van der Waals surface area (Å²) in [6.07, 6.45) is 2.87. The quantitative estimate of drug-likeness (QED) is 0.0529. The van der Waals surface area contributed by atoms with E-state index in [0.717, 1.165) is 46.7 Å². The molecule has 0 spiro atoms. The van der Waals surface area contributed by atoms with Gasteiger partial charge < -0.3 is 49.7 Å². The minimum Gasteiger partial charge on any atom is -0.493 e. The number of hydrogen-bond donors (Lipinski definition) is 2. The van der Waals surface area contributed by atoms with E-state index >= 15 is 0 Å². The van der Waals surface area contributed by atoms with Gasteiger partial charge >= 0.3 is 0 Å². The molecule has 0 aliphatic carbocycles. The molecule has 19 heteroatoms. The summed E-state index contributed by atoms with van der Waals surface area (Å²) in [6.45, 7) is 1.93. The van der Waals surface area contributed by atoms with Gasteiger partial charge in [0.25, 0.3) is 0 Å². The van der Waals surface area contributed by atoms with Crippen molar-refractivity contribution >= 4 is 45.8 Å². The molecule has 378 valence electrons. The van der Waals surface area contributed by atoms with E-state index in [1.807, 2.05) is 92.0 Å². The van der Waals surface area contributed by atoms with Crippen molar-refractivity contribution in [3.8, 4) is 57.0 Å². The first kappa shape index (κ1) is 52.8. The Bertz CT molecular complexity index is 2510. The van der Waals surface area contributed by atoms with E-state index in [0.29, 0.717) is 85.0 Å². The largest absolute Gasteiger partial charge is 0.493 e. The number of ether oxygens (including phenoxy) is 6. The molecular formula is C52H63ClN8O8S2. The lowest BCUT2D eigenvalue weighted by atomic mass is 9.98. The van der Waals surface area contributed by atoms with Crippen LogP contribution in [0.2, 0.25) is 0 Å². The Labute approximate surface area is 429 Å². The molecule has 16 nitrogen and oxygen atoms in total.